The van der Waals surface area contributed by atoms with Gasteiger partial charge in [-0.2, -0.15) is 0 Å². The van der Waals surface area contributed by atoms with Crippen molar-refractivity contribution in [1.82, 2.24) is 0 Å². The van der Waals surface area contributed by atoms with E-state index in [1.54, 1.807) is 36.4 Å². The highest BCUT2D eigenvalue weighted by molar-refractivity contribution is 5.93. The van der Waals surface area contributed by atoms with Gasteiger partial charge >= 0.3 is 11.9 Å². The minimum Gasteiger partial charge on any atom is -0.465 e. The molecule has 154 valence electrons. The molecular weight excluding hydrogens is 400 g/mol. The van der Waals surface area contributed by atoms with Crippen LogP contribution in [0.2, 0.25) is 0 Å². The molecule has 3 rings (SSSR count). The first kappa shape index (κ1) is 22.0. The summed E-state index contributed by atoms with van der Waals surface area (Å²) in [6.07, 6.45) is 5.42. The molecule has 4 nitrogen and oxygen atoms in total. The molecule has 0 N–H and O–H groups in total. The summed E-state index contributed by atoms with van der Waals surface area (Å²) in [5, 5.41) is 0. The van der Waals surface area contributed by atoms with Crippen LogP contribution in [-0.4, -0.2) is 26.2 Å². The molecule has 0 aliphatic rings. The number of rotatable bonds is 2. The van der Waals surface area contributed by atoms with Gasteiger partial charge in [0.15, 0.2) is 0 Å². The maximum atomic E-state index is 12.3. The number of carbonyl (C=O) groups is 2. The normalized spacial score (nSPS) is 9.28. The standard InChI is InChI=1S/C28H18O4/c1-4-20-10-14-23(25(18-20)27(29)31-2)16-12-22-13-17-24(26(19-22)28(30)32-3)15-11-21-8-6-5-7-9-21/h1,5-10,13-14,17-19H,2-3H3. The van der Waals surface area contributed by atoms with Crippen LogP contribution in [0.1, 0.15) is 48.5 Å². The Morgan fingerprint density at radius 1 is 0.656 bits per heavy atom. The number of carbonyl (C=O) groups excluding carboxylic acids is 2. The van der Waals surface area contributed by atoms with E-state index in [1.165, 1.54) is 14.2 Å². The lowest BCUT2D eigenvalue weighted by Gasteiger charge is -2.04. The largest absolute Gasteiger partial charge is 0.465 e. The summed E-state index contributed by atoms with van der Waals surface area (Å²) in [6, 6.07) is 19.4. The summed E-state index contributed by atoms with van der Waals surface area (Å²) in [5.74, 6) is 13.4. The summed E-state index contributed by atoms with van der Waals surface area (Å²) in [4.78, 5) is 24.4. The second-order valence-electron chi connectivity index (χ2n) is 6.51. The van der Waals surface area contributed by atoms with Gasteiger partial charge in [-0.15, -0.1) is 6.42 Å². The van der Waals surface area contributed by atoms with Crippen LogP contribution in [0.25, 0.3) is 0 Å². The topological polar surface area (TPSA) is 52.6 Å². The first-order valence-electron chi connectivity index (χ1n) is 9.56. The van der Waals surface area contributed by atoms with E-state index in [4.69, 9.17) is 15.9 Å². The number of hydrogen-bond acceptors (Lipinski definition) is 4. The molecule has 0 aromatic heterocycles. The van der Waals surface area contributed by atoms with Gasteiger partial charge in [-0.25, -0.2) is 9.59 Å². The van der Waals surface area contributed by atoms with E-state index in [2.05, 4.69) is 29.6 Å². The van der Waals surface area contributed by atoms with Crippen molar-refractivity contribution in [2.75, 3.05) is 14.2 Å². The summed E-state index contributed by atoms with van der Waals surface area (Å²) < 4.78 is 9.72. The Bertz CT molecular complexity index is 1340. The quantitative estimate of drug-likeness (QED) is 0.466. The van der Waals surface area contributed by atoms with Gasteiger partial charge in [0.25, 0.3) is 0 Å². The molecule has 3 aromatic carbocycles. The van der Waals surface area contributed by atoms with Gasteiger partial charge in [-0.05, 0) is 48.5 Å². The van der Waals surface area contributed by atoms with E-state index in [9.17, 15) is 9.59 Å². The number of hydrogen-bond donors (Lipinski definition) is 0. The van der Waals surface area contributed by atoms with Crippen molar-refractivity contribution in [1.29, 1.82) is 0 Å². The average molecular weight is 418 g/mol. The molecule has 0 heterocycles. The molecule has 0 saturated heterocycles. The molecule has 0 unspecified atom stereocenters. The zero-order valence-electron chi connectivity index (χ0n) is 17.6. The number of benzene rings is 3. The van der Waals surface area contributed by atoms with E-state index in [-0.39, 0.29) is 5.56 Å². The highest BCUT2D eigenvalue weighted by Gasteiger charge is 2.13. The number of esters is 2. The van der Waals surface area contributed by atoms with Gasteiger partial charge in [0.05, 0.1) is 25.3 Å². The second kappa shape index (κ2) is 10.4. The van der Waals surface area contributed by atoms with E-state index in [0.717, 1.165) is 5.56 Å². The number of ether oxygens (including phenoxy) is 2. The van der Waals surface area contributed by atoms with Crippen molar-refractivity contribution in [2.24, 2.45) is 0 Å². The summed E-state index contributed by atoms with van der Waals surface area (Å²) in [5.41, 5.74) is 3.51. The van der Waals surface area contributed by atoms with Gasteiger partial charge in [0.1, 0.15) is 0 Å². The molecule has 0 bridgehead atoms. The second-order valence-corrected chi connectivity index (χ2v) is 6.51. The zero-order valence-corrected chi connectivity index (χ0v) is 17.6. The molecule has 4 heteroatoms. The van der Waals surface area contributed by atoms with Crippen molar-refractivity contribution in [3.05, 3.63) is 106 Å². The van der Waals surface area contributed by atoms with Crippen LogP contribution in [0.5, 0.6) is 0 Å². The third-order valence-electron chi connectivity index (χ3n) is 4.47. The maximum absolute atomic E-state index is 12.3. The predicted octanol–water partition coefficient (Wildman–Crippen LogP) is 4.04. The molecule has 0 saturated carbocycles. The van der Waals surface area contributed by atoms with Crippen LogP contribution in [-0.2, 0) is 9.47 Å². The highest BCUT2D eigenvalue weighted by atomic mass is 16.5. The molecule has 0 aliphatic heterocycles. The Morgan fingerprint density at radius 3 is 1.69 bits per heavy atom. The van der Waals surface area contributed by atoms with Gasteiger partial charge in [0, 0.05) is 27.8 Å². The molecule has 0 aliphatic carbocycles. The highest BCUT2D eigenvalue weighted by Crippen LogP contribution is 2.15. The van der Waals surface area contributed by atoms with Crippen molar-refractivity contribution < 1.29 is 19.1 Å². The van der Waals surface area contributed by atoms with Gasteiger partial charge in [0.2, 0.25) is 0 Å². The lowest BCUT2D eigenvalue weighted by atomic mass is 10.0. The average Bonchev–Trinajstić information content (AvgIpc) is 2.85. The Labute approximate surface area is 187 Å². The van der Waals surface area contributed by atoms with E-state index in [1.807, 2.05) is 30.3 Å². The predicted molar refractivity (Wildman–Crippen MR) is 122 cm³/mol. The third kappa shape index (κ3) is 5.25. The molecule has 32 heavy (non-hydrogen) atoms. The van der Waals surface area contributed by atoms with E-state index in [0.29, 0.717) is 27.8 Å². The molecular formula is C28H18O4. The van der Waals surface area contributed by atoms with Crippen molar-refractivity contribution >= 4 is 11.9 Å². The zero-order chi connectivity index (χ0) is 22.9. The minimum atomic E-state index is -0.534. The summed E-state index contributed by atoms with van der Waals surface area (Å²) in [6.45, 7) is 0. The van der Waals surface area contributed by atoms with Crippen molar-refractivity contribution in [3.8, 4) is 36.0 Å². The SMILES string of the molecule is C#Cc1ccc(C#Cc2ccc(C#Cc3ccccc3)c(C(=O)OC)c2)c(C(=O)OC)c1. The molecule has 0 fully saturated rings. The third-order valence-corrected chi connectivity index (χ3v) is 4.47. The minimum absolute atomic E-state index is 0.272. The van der Waals surface area contributed by atoms with Crippen molar-refractivity contribution in [2.45, 2.75) is 0 Å². The van der Waals surface area contributed by atoms with Gasteiger partial charge in [-0.3, -0.25) is 0 Å². The van der Waals surface area contributed by atoms with Gasteiger partial charge in [-0.1, -0.05) is 47.8 Å². The van der Waals surface area contributed by atoms with Gasteiger partial charge < -0.3 is 9.47 Å². The fourth-order valence-electron chi connectivity index (χ4n) is 2.83. The molecule has 0 radical (unpaired) electrons. The molecule has 0 atom stereocenters. The molecule has 0 amide bonds. The van der Waals surface area contributed by atoms with Crippen LogP contribution in [0, 0.1) is 36.0 Å². The van der Waals surface area contributed by atoms with Crippen LogP contribution in [0.3, 0.4) is 0 Å². The Balaban J connectivity index is 2.01. The lowest BCUT2D eigenvalue weighted by Crippen LogP contribution is -2.05. The molecule has 3 aromatic rings. The Kier molecular flexibility index (Phi) is 7.11. The van der Waals surface area contributed by atoms with Crippen LogP contribution >= 0.6 is 0 Å². The van der Waals surface area contributed by atoms with Crippen LogP contribution in [0.4, 0.5) is 0 Å². The fraction of sp³-hybridized carbons (Fsp3) is 0.0714. The van der Waals surface area contributed by atoms with Crippen molar-refractivity contribution in [3.63, 3.8) is 0 Å². The number of terminal acetylenes is 1. The Morgan fingerprint density at radius 2 is 1.16 bits per heavy atom. The molecule has 0 spiro atoms. The first-order valence-corrected chi connectivity index (χ1v) is 9.56. The van der Waals surface area contributed by atoms with E-state index >= 15 is 0 Å². The number of methoxy groups -OCH3 is 2. The lowest BCUT2D eigenvalue weighted by molar-refractivity contribution is 0.0591. The summed E-state index contributed by atoms with van der Waals surface area (Å²) in [7, 11) is 2.60. The van der Waals surface area contributed by atoms with E-state index < -0.39 is 11.9 Å². The monoisotopic (exact) mass is 418 g/mol. The van der Waals surface area contributed by atoms with Crippen LogP contribution in [0.15, 0.2) is 66.7 Å². The fourth-order valence-corrected chi connectivity index (χ4v) is 2.83. The van der Waals surface area contributed by atoms with Crippen LogP contribution < -0.4 is 0 Å². The maximum Gasteiger partial charge on any atom is 0.339 e. The smallest absolute Gasteiger partial charge is 0.339 e. The first-order chi connectivity index (χ1) is 15.5. The Hall–Kier alpha value is -4.72. The summed E-state index contributed by atoms with van der Waals surface area (Å²) >= 11 is 0.